The van der Waals surface area contributed by atoms with Crippen LogP contribution in [-0.2, 0) is 4.79 Å². The van der Waals surface area contributed by atoms with Crippen molar-refractivity contribution in [2.24, 2.45) is 5.92 Å². The number of carbonyl (C=O) groups excluding carboxylic acids is 1. The van der Waals surface area contributed by atoms with Crippen molar-refractivity contribution in [3.63, 3.8) is 0 Å². The highest BCUT2D eigenvalue weighted by Gasteiger charge is 2.38. The monoisotopic (exact) mass is 361 g/mol. The molecule has 1 aromatic rings. The van der Waals surface area contributed by atoms with Crippen molar-refractivity contribution < 1.29 is 9.18 Å². The minimum absolute atomic E-state index is 0.122. The molecular formula is C14H17FINO. The summed E-state index contributed by atoms with van der Waals surface area (Å²) in [4.78, 5) is 11.3. The molecule has 0 spiro atoms. The largest absolute Gasteiger partial charge is 0.356 e. The molecule has 1 aromatic carbocycles. The van der Waals surface area contributed by atoms with Crippen LogP contribution in [0.25, 0.3) is 0 Å². The molecule has 0 aliphatic heterocycles. The van der Waals surface area contributed by atoms with Crippen LogP contribution in [0.15, 0.2) is 18.2 Å². The molecule has 2 nitrogen and oxygen atoms in total. The minimum Gasteiger partial charge on any atom is -0.356 e. The van der Waals surface area contributed by atoms with E-state index in [2.05, 4.69) is 5.32 Å². The average Bonchev–Trinajstić information content (AvgIpc) is 3.10. The van der Waals surface area contributed by atoms with Crippen molar-refractivity contribution in [1.29, 1.82) is 0 Å². The molecule has 98 valence electrons. The molecule has 1 saturated carbocycles. The van der Waals surface area contributed by atoms with E-state index in [1.807, 2.05) is 41.6 Å². The second-order valence-corrected chi connectivity index (χ2v) is 5.99. The second kappa shape index (κ2) is 5.99. The smallest absolute Gasteiger partial charge is 0.219 e. The Morgan fingerprint density at radius 1 is 1.56 bits per heavy atom. The van der Waals surface area contributed by atoms with Crippen LogP contribution in [0.4, 0.5) is 4.39 Å². The van der Waals surface area contributed by atoms with Gasteiger partial charge in [0.1, 0.15) is 5.82 Å². The van der Waals surface area contributed by atoms with E-state index in [4.69, 9.17) is 0 Å². The average molecular weight is 361 g/mol. The molecule has 1 amide bonds. The number of nitrogens with one attached hydrogen (secondary N) is 1. The molecular weight excluding hydrogens is 344 g/mol. The van der Waals surface area contributed by atoms with Gasteiger partial charge in [-0.25, -0.2) is 4.39 Å². The molecule has 18 heavy (non-hydrogen) atoms. The standard InChI is InChI=1S/C14H17FINO/c1-2-3-14(18)17-8-10-6-11(10)9-4-5-13(16)12(15)7-9/h4-5,7,10-11H,2-3,6,8H2,1H3,(H,17,18)/t10-,11-/m0/s1. The van der Waals surface area contributed by atoms with Crippen LogP contribution in [0.1, 0.15) is 37.7 Å². The maximum atomic E-state index is 13.4. The normalized spacial score (nSPS) is 21.7. The number of carbonyl (C=O) groups is 1. The van der Waals surface area contributed by atoms with Crippen molar-refractivity contribution in [2.75, 3.05) is 6.54 Å². The summed E-state index contributed by atoms with van der Waals surface area (Å²) >= 11 is 1.99. The van der Waals surface area contributed by atoms with Crippen molar-refractivity contribution in [3.8, 4) is 0 Å². The van der Waals surface area contributed by atoms with Crippen LogP contribution in [0, 0.1) is 15.3 Å². The summed E-state index contributed by atoms with van der Waals surface area (Å²) in [7, 11) is 0. The summed E-state index contributed by atoms with van der Waals surface area (Å²) in [6.07, 6.45) is 2.52. The van der Waals surface area contributed by atoms with Crippen LogP contribution in [0.2, 0.25) is 0 Å². The minimum atomic E-state index is -0.145. The van der Waals surface area contributed by atoms with Gasteiger partial charge in [-0.1, -0.05) is 13.0 Å². The molecule has 0 heterocycles. The molecule has 1 aliphatic rings. The summed E-state index contributed by atoms with van der Waals surface area (Å²) in [5.74, 6) is 0.870. The van der Waals surface area contributed by atoms with E-state index in [1.165, 1.54) is 0 Å². The first-order chi connectivity index (χ1) is 8.61. The van der Waals surface area contributed by atoms with Crippen molar-refractivity contribution >= 4 is 28.5 Å². The zero-order valence-corrected chi connectivity index (χ0v) is 12.5. The van der Waals surface area contributed by atoms with Crippen LogP contribution < -0.4 is 5.32 Å². The van der Waals surface area contributed by atoms with Crippen molar-refractivity contribution in [1.82, 2.24) is 5.32 Å². The van der Waals surface area contributed by atoms with Gasteiger partial charge in [-0.2, -0.15) is 0 Å². The molecule has 1 N–H and O–H groups in total. The van der Waals surface area contributed by atoms with Gasteiger partial charge in [0.25, 0.3) is 0 Å². The van der Waals surface area contributed by atoms with Gasteiger partial charge in [0, 0.05) is 16.5 Å². The maximum Gasteiger partial charge on any atom is 0.219 e. The van der Waals surface area contributed by atoms with Crippen LogP contribution in [0.5, 0.6) is 0 Å². The molecule has 2 atom stereocenters. The Hall–Kier alpha value is -0.650. The number of benzene rings is 1. The third kappa shape index (κ3) is 3.43. The first-order valence-electron chi connectivity index (χ1n) is 6.33. The lowest BCUT2D eigenvalue weighted by Gasteiger charge is -2.04. The lowest BCUT2D eigenvalue weighted by molar-refractivity contribution is -0.121. The summed E-state index contributed by atoms with van der Waals surface area (Å²) in [5.41, 5.74) is 1.06. The molecule has 0 aromatic heterocycles. The Labute approximate surface area is 120 Å². The number of rotatable bonds is 5. The van der Waals surface area contributed by atoms with E-state index in [0.29, 0.717) is 21.8 Å². The van der Waals surface area contributed by atoms with Gasteiger partial charge >= 0.3 is 0 Å². The van der Waals surface area contributed by atoms with E-state index in [1.54, 1.807) is 6.07 Å². The zero-order valence-electron chi connectivity index (χ0n) is 10.4. The third-order valence-corrected chi connectivity index (χ3v) is 4.21. The number of amides is 1. The zero-order chi connectivity index (χ0) is 13.1. The highest BCUT2D eigenvalue weighted by molar-refractivity contribution is 14.1. The van der Waals surface area contributed by atoms with E-state index >= 15 is 0 Å². The molecule has 1 aliphatic carbocycles. The SMILES string of the molecule is CCCC(=O)NC[C@@H]1C[C@H]1c1ccc(I)c(F)c1. The summed E-state index contributed by atoms with van der Waals surface area (Å²) in [6, 6.07) is 5.43. The lowest BCUT2D eigenvalue weighted by atomic mass is 10.1. The topological polar surface area (TPSA) is 29.1 Å². The summed E-state index contributed by atoms with van der Waals surface area (Å²) in [6.45, 7) is 2.71. The number of halogens is 2. The van der Waals surface area contributed by atoms with Crippen molar-refractivity contribution in [2.45, 2.75) is 32.1 Å². The Bertz CT molecular complexity index is 449. The molecule has 0 unspecified atom stereocenters. The highest BCUT2D eigenvalue weighted by Crippen LogP contribution is 2.47. The predicted molar refractivity (Wildman–Crippen MR) is 77.9 cm³/mol. The quantitative estimate of drug-likeness (QED) is 0.800. The molecule has 0 radical (unpaired) electrons. The Morgan fingerprint density at radius 3 is 3.00 bits per heavy atom. The molecule has 0 saturated heterocycles. The fourth-order valence-corrected chi connectivity index (χ4v) is 2.52. The molecule has 0 bridgehead atoms. The Kier molecular flexibility index (Phi) is 4.59. The first kappa shape index (κ1) is 13.8. The number of hydrogen-bond donors (Lipinski definition) is 1. The fraction of sp³-hybridized carbons (Fsp3) is 0.500. The molecule has 4 heteroatoms. The highest BCUT2D eigenvalue weighted by atomic mass is 127. The van der Waals surface area contributed by atoms with Gasteiger partial charge in [0.2, 0.25) is 5.91 Å². The molecule has 1 fully saturated rings. The van der Waals surface area contributed by atoms with E-state index in [9.17, 15) is 9.18 Å². The van der Waals surface area contributed by atoms with Crippen LogP contribution in [-0.4, -0.2) is 12.5 Å². The van der Waals surface area contributed by atoms with Gasteiger partial charge in [0.05, 0.1) is 0 Å². The molecule has 2 rings (SSSR count). The summed E-state index contributed by atoms with van der Waals surface area (Å²) in [5, 5.41) is 2.94. The lowest BCUT2D eigenvalue weighted by Crippen LogP contribution is -2.25. The van der Waals surface area contributed by atoms with Crippen molar-refractivity contribution in [3.05, 3.63) is 33.1 Å². The van der Waals surface area contributed by atoms with E-state index in [0.717, 1.165) is 24.9 Å². The second-order valence-electron chi connectivity index (χ2n) is 4.83. The van der Waals surface area contributed by atoms with Gasteiger partial charge in [0.15, 0.2) is 0 Å². The Morgan fingerprint density at radius 2 is 2.33 bits per heavy atom. The van der Waals surface area contributed by atoms with Gasteiger partial charge < -0.3 is 5.32 Å². The number of hydrogen-bond acceptors (Lipinski definition) is 1. The fourth-order valence-electron chi connectivity index (χ4n) is 2.18. The van der Waals surface area contributed by atoms with Crippen LogP contribution >= 0.6 is 22.6 Å². The van der Waals surface area contributed by atoms with Crippen LogP contribution in [0.3, 0.4) is 0 Å². The third-order valence-electron chi connectivity index (χ3n) is 3.33. The van der Waals surface area contributed by atoms with Gasteiger partial charge in [-0.05, 0) is 65.0 Å². The van der Waals surface area contributed by atoms with Gasteiger partial charge in [-0.3, -0.25) is 4.79 Å². The maximum absolute atomic E-state index is 13.4. The first-order valence-corrected chi connectivity index (χ1v) is 7.41. The predicted octanol–water partition coefficient (Wildman–Crippen LogP) is 3.45. The van der Waals surface area contributed by atoms with Gasteiger partial charge in [-0.15, -0.1) is 0 Å². The Balaban J connectivity index is 1.83. The van der Waals surface area contributed by atoms with E-state index in [-0.39, 0.29) is 11.7 Å². The van der Waals surface area contributed by atoms with E-state index < -0.39 is 0 Å². The summed E-state index contributed by atoms with van der Waals surface area (Å²) < 4.78 is 14.1.